The fraction of sp³-hybridized carbons (Fsp3) is 0.364. The molecular formula is C11H15ClN2O2. The van der Waals surface area contributed by atoms with E-state index in [0.717, 1.165) is 6.54 Å². The number of anilines is 1. The second kappa shape index (κ2) is 7.22. The summed E-state index contributed by atoms with van der Waals surface area (Å²) in [6.07, 6.45) is 0. The number of ether oxygens (including phenoxy) is 1. The third kappa shape index (κ3) is 4.61. The smallest absolute Gasteiger partial charge is 0.250 e. The second-order valence-electron chi connectivity index (χ2n) is 3.18. The molecule has 0 saturated carbocycles. The van der Waals surface area contributed by atoms with Crippen molar-refractivity contribution in [3.05, 3.63) is 29.3 Å². The number of carbonyl (C=O) groups is 1. The molecule has 0 aliphatic heterocycles. The molecule has 0 heterocycles. The SMILES string of the molecule is CNCCOCC(=O)Nc1ccccc1Cl. The number of rotatable bonds is 6. The molecule has 1 aromatic carbocycles. The van der Waals surface area contributed by atoms with Crippen LogP contribution in [0.1, 0.15) is 0 Å². The summed E-state index contributed by atoms with van der Waals surface area (Å²) in [6.45, 7) is 1.26. The van der Waals surface area contributed by atoms with Gasteiger partial charge in [0.2, 0.25) is 5.91 Å². The zero-order valence-electron chi connectivity index (χ0n) is 9.13. The summed E-state index contributed by atoms with van der Waals surface area (Å²) in [5.74, 6) is -0.204. The number of carbonyl (C=O) groups excluding carboxylic acids is 1. The maximum absolute atomic E-state index is 11.4. The van der Waals surface area contributed by atoms with E-state index in [1.165, 1.54) is 0 Å². The van der Waals surface area contributed by atoms with E-state index in [2.05, 4.69) is 10.6 Å². The lowest BCUT2D eigenvalue weighted by Gasteiger charge is -2.07. The molecule has 4 nitrogen and oxygen atoms in total. The predicted octanol–water partition coefficient (Wildman–Crippen LogP) is 1.51. The molecule has 0 bridgehead atoms. The Kier molecular flexibility index (Phi) is 5.85. The summed E-state index contributed by atoms with van der Waals surface area (Å²) < 4.78 is 5.13. The quantitative estimate of drug-likeness (QED) is 0.744. The second-order valence-corrected chi connectivity index (χ2v) is 3.59. The highest BCUT2D eigenvalue weighted by atomic mass is 35.5. The van der Waals surface area contributed by atoms with Crippen molar-refractivity contribution < 1.29 is 9.53 Å². The van der Waals surface area contributed by atoms with Gasteiger partial charge < -0.3 is 15.4 Å². The van der Waals surface area contributed by atoms with Crippen LogP contribution in [0.3, 0.4) is 0 Å². The summed E-state index contributed by atoms with van der Waals surface area (Å²) in [7, 11) is 1.83. The van der Waals surface area contributed by atoms with Crippen molar-refractivity contribution >= 4 is 23.2 Å². The van der Waals surface area contributed by atoms with Crippen LogP contribution in [0.2, 0.25) is 5.02 Å². The first-order valence-corrected chi connectivity index (χ1v) is 5.38. The molecule has 0 aliphatic carbocycles. The van der Waals surface area contributed by atoms with Gasteiger partial charge >= 0.3 is 0 Å². The average Bonchev–Trinajstić information content (AvgIpc) is 2.28. The minimum absolute atomic E-state index is 0.0346. The number of amides is 1. The molecule has 0 fully saturated rings. The highest BCUT2D eigenvalue weighted by Gasteiger charge is 2.04. The van der Waals surface area contributed by atoms with Crippen LogP contribution in [0.15, 0.2) is 24.3 Å². The molecule has 0 atom stereocenters. The Hall–Kier alpha value is -1.10. The van der Waals surface area contributed by atoms with E-state index in [1.807, 2.05) is 13.1 Å². The van der Waals surface area contributed by atoms with Crippen LogP contribution in [0.5, 0.6) is 0 Å². The molecule has 2 N–H and O–H groups in total. The van der Waals surface area contributed by atoms with Crippen molar-refractivity contribution in [1.82, 2.24) is 5.32 Å². The lowest BCUT2D eigenvalue weighted by atomic mass is 10.3. The van der Waals surface area contributed by atoms with E-state index in [9.17, 15) is 4.79 Å². The van der Waals surface area contributed by atoms with Gasteiger partial charge in [0.05, 0.1) is 17.3 Å². The van der Waals surface area contributed by atoms with Crippen LogP contribution in [0.25, 0.3) is 0 Å². The topological polar surface area (TPSA) is 50.4 Å². The molecule has 5 heteroatoms. The van der Waals surface area contributed by atoms with Gasteiger partial charge in [0.15, 0.2) is 0 Å². The van der Waals surface area contributed by atoms with Gasteiger partial charge in [0, 0.05) is 6.54 Å². The van der Waals surface area contributed by atoms with Gasteiger partial charge in [-0.2, -0.15) is 0 Å². The maximum Gasteiger partial charge on any atom is 0.250 e. The lowest BCUT2D eigenvalue weighted by molar-refractivity contribution is -0.120. The number of halogens is 1. The first-order valence-electron chi connectivity index (χ1n) is 5.00. The first kappa shape index (κ1) is 13.0. The van der Waals surface area contributed by atoms with Crippen LogP contribution in [0.4, 0.5) is 5.69 Å². The molecule has 0 spiro atoms. The van der Waals surface area contributed by atoms with Crippen molar-refractivity contribution in [3.8, 4) is 0 Å². The number of hydrogen-bond donors (Lipinski definition) is 2. The Balaban J connectivity index is 2.32. The van der Waals surface area contributed by atoms with Crippen LogP contribution >= 0.6 is 11.6 Å². The number of likely N-dealkylation sites (N-methyl/N-ethyl adjacent to an activating group) is 1. The van der Waals surface area contributed by atoms with E-state index >= 15 is 0 Å². The summed E-state index contributed by atoms with van der Waals surface area (Å²) >= 11 is 5.89. The van der Waals surface area contributed by atoms with Gasteiger partial charge in [-0.1, -0.05) is 23.7 Å². The highest BCUT2D eigenvalue weighted by Crippen LogP contribution is 2.19. The maximum atomic E-state index is 11.4. The van der Waals surface area contributed by atoms with Gasteiger partial charge in [-0.05, 0) is 19.2 Å². The summed E-state index contributed by atoms with van der Waals surface area (Å²) in [6, 6.07) is 7.08. The highest BCUT2D eigenvalue weighted by molar-refractivity contribution is 6.33. The van der Waals surface area contributed by atoms with Crippen molar-refractivity contribution in [1.29, 1.82) is 0 Å². The van der Waals surface area contributed by atoms with E-state index in [0.29, 0.717) is 17.3 Å². The van der Waals surface area contributed by atoms with Gasteiger partial charge in [-0.3, -0.25) is 4.79 Å². The average molecular weight is 243 g/mol. The van der Waals surface area contributed by atoms with Crippen molar-refractivity contribution in [3.63, 3.8) is 0 Å². The van der Waals surface area contributed by atoms with Crippen LogP contribution in [-0.4, -0.2) is 32.7 Å². The summed E-state index contributed by atoms with van der Waals surface area (Å²) in [5, 5.41) is 6.11. The van der Waals surface area contributed by atoms with E-state index < -0.39 is 0 Å². The third-order valence-corrected chi connectivity index (χ3v) is 2.21. The number of para-hydroxylation sites is 1. The summed E-state index contributed by atoms with van der Waals surface area (Å²) in [5.41, 5.74) is 0.603. The Bertz CT molecular complexity index is 345. The molecule has 0 aromatic heterocycles. The minimum Gasteiger partial charge on any atom is -0.370 e. The van der Waals surface area contributed by atoms with Gasteiger partial charge in [-0.25, -0.2) is 0 Å². The standard InChI is InChI=1S/C11H15ClN2O2/c1-13-6-7-16-8-11(15)14-10-5-3-2-4-9(10)12/h2-5,13H,6-8H2,1H3,(H,14,15). The molecule has 1 rings (SSSR count). The monoisotopic (exact) mass is 242 g/mol. The van der Waals surface area contributed by atoms with Crippen molar-refractivity contribution in [2.45, 2.75) is 0 Å². The van der Waals surface area contributed by atoms with E-state index in [1.54, 1.807) is 18.2 Å². The van der Waals surface area contributed by atoms with Gasteiger partial charge in [0.25, 0.3) is 0 Å². The minimum atomic E-state index is -0.204. The molecular weight excluding hydrogens is 228 g/mol. The zero-order chi connectivity index (χ0) is 11.8. The molecule has 1 aromatic rings. The fourth-order valence-corrected chi connectivity index (χ4v) is 1.27. The Morgan fingerprint density at radius 1 is 1.44 bits per heavy atom. The van der Waals surface area contributed by atoms with Crippen LogP contribution in [-0.2, 0) is 9.53 Å². The molecule has 16 heavy (non-hydrogen) atoms. The van der Waals surface area contributed by atoms with Crippen molar-refractivity contribution in [2.75, 3.05) is 32.1 Å². The molecule has 0 aliphatic rings. The predicted molar refractivity (Wildman–Crippen MR) is 64.8 cm³/mol. The number of nitrogens with one attached hydrogen (secondary N) is 2. The summed E-state index contributed by atoms with van der Waals surface area (Å²) in [4.78, 5) is 11.4. The Labute approximate surface area is 99.9 Å². The molecule has 0 saturated heterocycles. The molecule has 0 unspecified atom stereocenters. The van der Waals surface area contributed by atoms with E-state index in [4.69, 9.17) is 16.3 Å². The van der Waals surface area contributed by atoms with Crippen LogP contribution in [0, 0.1) is 0 Å². The van der Waals surface area contributed by atoms with Crippen LogP contribution < -0.4 is 10.6 Å². The molecule has 0 radical (unpaired) electrons. The largest absolute Gasteiger partial charge is 0.370 e. The van der Waals surface area contributed by atoms with Gasteiger partial charge in [-0.15, -0.1) is 0 Å². The molecule has 1 amide bonds. The Morgan fingerprint density at radius 2 is 2.19 bits per heavy atom. The van der Waals surface area contributed by atoms with Gasteiger partial charge in [0.1, 0.15) is 6.61 Å². The third-order valence-electron chi connectivity index (χ3n) is 1.88. The first-order chi connectivity index (χ1) is 7.74. The van der Waals surface area contributed by atoms with E-state index in [-0.39, 0.29) is 12.5 Å². The zero-order valence-corrected chi connectivity index (χ0v) is 9.88. The lowest BCUT2D eigenvalue weighted by Crippen LogP contribution is -2.22. The number of benzene rings is 1. The molecule has 88 valence electrons. The number of hydrogen-bond acceptors (Lipinski definition) is 3. The fourth-order valence-electron chi connectivity index (χ4n) is 1.09. The Morgan fingerprint density at radius 3 is 2.88 bits per heavy atom. The normalized spacial score (nSPS) is 10.1. The van der Waals surface area contributed by atoms with Crippen molar-refractivity contribution in [2.24, 2.45) is 0 Å².